The summed E-state index contributed by atoms with van der Waals surface area (Å²) in [6.45, 7) is 11.7. The Hall–Kier alpha value is -0.870. The van der Waals surface area contributed by atoms with Gasteiger partial charge in [0.05, 0.1) is 11.7 Å². The maximum atomic E-state index is 6.10. The molecule has 0 spiro atoms. The van der Waals surface area contributed by atoms with Gasteiger partial charge in [-0.1, -0.05) is 34.6 Å². The zero-order valence-corrected chi connectivity index (χ0v) is 14.3. The summed E-state index contributed by atoms with van der Waals surface area (Å²) in [6, 6.07) is 0.805. The smallest absolute Gasteiger partial charge is 0.0726 e. The number of hydrogen-bond acceptors (Lipinski definition) is 3. The van der Waals surface area contributed by atoms with E-state index >= 15 is 0 Å². The zero-order valence-electron chi connectivity index (χ0n) is 14.3. The fraction of sp³-hybridized carbons (Fsp3) is 0.812. The number of aryl methyl sites for hydroxylation is 1. The highest BCUT2D eigenvalue weighted by molar-refractivity contribution is 5.28. The van der Waals surface area contributed by atoms with Crippen molar-refractivity contribution in [2.75, 3.05) is 13.6 Å². The van der Waals surface area contributed by atoms with E-state index in [1.54, 1.807) is 0 Å². The lowest BCUT2D eigenvalue weighted by atomic mass is 9.87. The standard InChI is InChI=1S/C16H32N4/c1-8-12(9-2)20(7)14(10-17)13-11-19(6)18-15(13)16(3,4)5/h11-12,14H,8-10,17H2,1-7H3. The van der Waals surface area contributed by atoms with Gasteiger partial charge in [-0.25, -0.2) is 0 Å². The third-order valence-electron chi connectivity index (χ3n) is 4.16. The Morgan fingerprint density at radius 1 is 1.30 bits per heavy atom. The van der Waals surface area contributed by atoms with E-state index < -0.39 is 0 Å². The average molecular weight is 280 g/mol. The first-order chi connectivity index (χ1) is 9.26. The predicted molar refractivity (Wildman–Crippen MR) is 85.8 cm³/mol. The number of likely N-dealkylation sites (N-methyl/N-ethyl adjacent to an activating group) is 1. The summed E-state index contributed by atoms with van der Waals surface area (Å²) in [4.78, 5) is 2.42. The first-order valence-corrected chi connectivity index (χ1v) is 7.72. The van der Waals surface area contributed by atoms with E-state index in [1.807, 2.05) is 11.7 Å². The van der Waals surface area contributed by atoms with Crippen molar-refractivity contribution in [2.45, 2.75) is 65.0 Å². The third-order valence-corrected chi connectivity index (χ3v) is 4.16. The molecule has 0 fully saturated rings. The molecule has 0 aliphatic rings. The lowest BCUT2D eigenvalue weighted by molar-refractivity contribution is 0.166. The van der Waals surface area contributed by atoms with Gasteiger partial charge in [-0.05, 0) is 19.9 Å². The van der Waals surface area contributed by atoms with Gasteiger partial charge in [0.25, 0.3) is 0 Å². The number of rotatable bonds is 6. The van der Waals surface area contributed by atoms with Crippen LogP contribution in [0.3, 0.4) is 0 Å². The highest BCUT2D eigenvalue weighted by Gasteiger charge is 2.29. The normalized spacial score (nSPS) is 14.3. The van der Waals surface area contributed by atoms with Gasteiger partial charge in [0.1, 0.15) is 0 Å². The zero-order chi connectivity index (χ0) is 15.5. The second-order valence-electron chi connectivity index (χ2n) is 6.74. The van der Waals surface area contributed by atoms with Gasteiger partial charge < -0.3 is 5.73 Å². The predicted octanol–water partition coefficient (Wildman–Crippen LogP) is 2.84. The molecular weight excluding hydrogens is 248 g/mol. The highest BCUT2D eigenvalue weighted by atomic mass is 15.3. The molecule has 1 unspecified atom stereocenters. The second-order valence-corrected chi connectivity index (χ2v) is 6.74. The minimum Gasteiger partial charge on any atom is -0.329 e. The third kappa shape index (κ3) is 3.61. The van der Waals surface area contributed by atoms with E-state index in [-0.39, 0.29) is 11.5 Å². The maximum absolute atomic E-state index is 6.10. The van der Waals surface area contributed by atoms with Crippen molar-refractivity contribution in [1.82, 2.24) is 14.7 Å². The van der Waals surface area contributed by atoms with Crippen LogP contribution in [0.2, 0.25) is 0 Å². The number of nitrogens with two attached hydrogens (primary N) is 1. The van der Waals surface area contributed by atoms with Crippen molar-refractivity contribution in [3.05, 3.63) is 17.5 Å². The topological polar surface area (TPSA) is 47.1 Å². The summed E-state index contributed by atoms with van der Waals surface area (Å²) in [5.74, 6) is 0. The van der Waals surface area contributed by atoms with Gasteiger partial charge in [-0.3, -0.25) is 9.58 Å². The van der Waals surface area contributed by atoms with Crippen LogP contribution in [0.1, 0.15) is 64.8 Å². The molecule has 1 rings (SSSR count). The van der Waals surface area contributed by atoms with E-state index in [4.69, 9.17) is 5.73 Å². The van der Waals surface area contributed by atoms with Crippen molar-refractivity contribution >= 4 is 0 Å². The number of aromatic nitrogens is 2. The van der Waals surface area contributed by atoms with E-state index in [9.17, 15) is 0 Å². The monoisotopic (exact) mass is 280 g/mol. The van der Waals surface area contributed by atoms with Crippen LogP contribution in [0, 0.1) is 0 Å². The summed E-state index contributed by atoms with van der Waals surface area (Å²) >= 11 is 0. The Morgan fingerprint density at radius 3 is 2.25 bits per heavy atom. The van der Waals surface area contributed by atoms with Gasteiger partial charge in [0.2, 0.25) is 0 Å². The lowest BCUT2D eigenvalue weighted by Crippen LogP contribution is -2.38. The van der Waals surface area contributed by atoms with Crippen molar-refractivity contribution in [1.29, 1.82) is 0 Å². The molecule has 2 N–H and O–H groups in total. The van der Waals surface area contributed by atoms with Crippen molar-refractivity contribution in [3.63, 3.8) is 0 Å². The molecule has 0 aliphatic carbocycles. The lowest BCUT2D eigenvalue weighted by Gasteiger charge is -2.34. The Morgan fingerprint density at radius 2 is 1.85 bits per heavy atom. The van der Waals surface area contributed by atoms with Gasteiger partial charge in [-0.2, -0.15) is 5.10 Å². The molecule has 0 saturated carbocycles. The van der Waals surface area contributed by atoms with E-state index in [2.05, 4.69) is 57.9 Å². The van der Waals surface area contributed by atoms with Gasteiger partial charge >= 0.3 is 0 Å². The van der Waals surface area contributed by atoms with Gasteiger partial charge in [0.15, 0.2) is 0 Å². The molecule has 116 valence electrons. The molecule has 0 aliphatic heterocycles. The van der Waals surface area contributed by atoms with E-state index in [0.717, 1.165) is 18.5 Å². The molecule has 1 atom stereocenters. The summed E-state index contributed by atoms with van der Waals surface area (Å²) in [6.07, 6.45) is 4.43. The summed E-state index contributed by atoms with van der Waals surface area (Å²) < 4.78 is 1.92. The Balaban J connectivity index is 3.19. The van der Waals surface area contributed by atoms with Crippen molar-refractivity contribution in [3.8, 4) is 0 Å². The van der Waals surface area contributed by atoms with Gasteiger partial charge in [-0.15, -0.1) is 0 Å². The Labute approximate surface area is 124 Å². The van der Waals surface area contributed by atoms with E-state index in [1.165, 1.54) is 5.56 Å². The van der Waals surface area contributed by atoms with E-state index in [0.29, 0.717) is 12.6 Å². The molecule has 1 aromatic heterocycles. The highest BCUT2D eigenvalue weighted by Crippen LogP contribution is 2.31. The fourth-order valence-corrected chi connectivity index (χ4v) is 2.97. The van der Waals surface area contributed by atoms with Crippen LogP contribution in [0.25, 0.3) is 0 Å². The fourth-order valence-electron chi connectivity index (χ4n) is 2.97. The summed E-state index contributed by atoms with van der Waals surface area (Å²) in [5, 5.41) is 4.68. The minimum atomic E-state index is 0.0405. The molecule has 1 aromatic rings. The first kappa shape index (κ1) is 17.2. The largest absolute Gasteiger partial charge is 0.329 e. The molecule has 0 radical (unpaired) electrons. The van der Waals surface area contributed by atoms with Crippen LogP contribution < -0.4 is 5.73 Å². The first-order valence-electron chi connectivity index (χ1n) is 7.72. The van der Waals surface area contributed by atoms with Crippen LogP contribution in [0.4, 0.5) is 0 Å². The van der Waals surface area contributed by atoms with Crippen LogP contribution in [0.5, 0.6) is 0 Å². The number of nitrogens with zero attached hydrogens (tertiary/aromatic N) is 3. The summed E-state index contributed by atoms with van der Waals surface area (Å²) in [7, 11) is 4.18. The minimum absolute atomic E-state index is 0.0405. The molecule has 20 heavy (non-hydrogen) atoms. The molecular formula is C16H32N4. The molecule has 4 nitrogen and oxygen atoms in total. The van der Waals surface area contributed by atoms with Crippen LogP contribution >= 0.6 is 0 Å². The molecule has 0 saturated heterocycles. The Bertz CT molecular complexity index is 413. The van der Waals surface area contributed by atoms with Crippen molar-refractivity contribution in [2.24, 2.45) is 12.8 Å². The molecule has 0 bridgehead atoms. The van der Waals surface area contributed by atoms with Crippen LogP contribution in [-0.2, 0) is 12.5 Å². The average Bonchev–Trinajstić information content (AvgIpc) is 2.73. The van der Waals surface area contributed by atoms with Crippen molar-refractivity contribution < 1.29 is 0 Å². The summed E-state index contributed by atoms with van der Waals surface area (Å²) in [5.41, 5.74) is 8.57. The molecule has 0 aromatic carbocycles. The SMILES string of the molecule is CCC(CC)N(C)C(CN)c1cn(C)nc1C(C)(C)C. The van der Waals surface area contributed by atoms with Crippen LogP contribution in [-0.4, -0.2) is 34.3 Å². The second kappa shape index (κ2) is 6.72. The maximum Gasteiger partial charge on any atom is 0.0726 e. The number of hydrogen-bond donors (Lipinski definition) is 1. The quantitative estimate of drug-likeness (QED) is 0.871. The molecule has 1 heterocycles. The Kier molecular flexibility index (Phi) is 5.78. The molecule has 4 heteroatoms. The van der Waals surface area contributed by atoms with Crippen LogP contribution in [0.15, 0.2) is 6.20 Å². The van der Waals surface area contributed by atoms with Gasteiger partial charge in [0, 0.05) is 36.8 Å². The molecule has 0 amide bonds.